The lowest BCUT2D eigenvalue weighted by molar-refractivity contribution is 0.291. The molecule has 1 radical (unpaired) electrons. The second kappa shape index (κ2) is 10.4. The lowest BCUT2D eigenvalue weighted by Gasteiger charge is -2.18. The molecule has 0 aliphatic rings. The second-order valence-corrected chi connectivity index (χ2v) is 7.56. The van der Waals surface area contributed by atoms with Crippen molar-refractivity contribution in [3.8, 4) is 0 Å². The molecular formula is C16H27O2SSi. The molecule has 113 valence electrons. The number of rotatable bonds is 10. The predicted octanol–water partition coefficient (Wildman–Crippen LogP) is 4.01. The Morgan fingerprint density at radius 1 is 1.05 bits per heavy atom. The minimum Gasteiger partial charge on any atom is -0.393 e. The van der Waals surface area contributed by atoms with E-state index in [9.17, 15) is 0 Å². The van der Waals surface area contributed by atoms with E-state index < -0.39 is 9.28 Å². The van der Waals surface area contributed by atoms with Crippen LogP contribution in [0.4, 0.5) is 0 Å². The fourth-order valence-corrected chi connectivity index (χ4v) is 4.23. The van der Waals surface area contributed by atoms with Crippen molar-refractivity contribution in [3.63, 3.8) is 0 Å². The van der Waals surface area contributed by atoms with Crippen LogP contribution in [0.3, 0.4) is 0 Å². The largest absolute Gasteiger partial charge is 0.423 e. The Morgan fingerprint density at radius 2 is 1.70 bits per heavy atom. The van der Waals surface area contributed by atoms with E-state index in [1.54, 1.807) is 14.2 Å². The lowest BCUT2D eigenvalue weighted by Crippen LogP contribution is -2.37. The van der Waals surface area contributed by atoms with Crippen LogP contribution in [0.5, 0.6) is 0 Å². The Hall–Kier alpha value is -0.293. The summed E-state index contributed by atoms with van der Waals surface area (Å²) in [6.07, 6.45) is 7.63. The van der Waals surface area contributed by atoms with Crippen LogP contribution in [0, 0.1) is 0 Å². The van der Waals surface area contributed by atoms with Crippen LogP contribution in [0.1, 0.15) is 56.3 Å². The molecule has 0 saturated heterocycles. The first-order valence-electron chi connectivity index (χ1n) is 7.46. The van der Waals surface area contributed by atoms with Crippen molar-refractivity contribution in [3.05, 3.63) is 29.8 Å². The smallest absolute Gasteiger partial charge is 0.393 e. The van der Waals surface area contributed by atoms with Gasteiger partial charge in [-0.05, 0) is 17.2 Å². The molecule has 0 N–H and O–H groups in total. The van der Waals surface area contributed by atoms with Gasteiger partial charge in [0, 0.05) is 19.5 Å². The average molecular weight is 312 g/mol. The molecule has 1 unspecified atom stereocenters. The molecule has 0 fully saturated rings. The maximum atomic E-state index is 5.48. The number of unbranched alkanes of at least 4 members (excludes halogenated alkanes) is 4. The molecule has 20 heavy (non-hydrogen) atoms. The molecule has 0 aliphatic heterocycles. The standard InChI is InChI=1S/C16H27O2SSi/c1-4-5-6-7-8-12-15(19)14-11-9-10-13-16(14)20(17-2)18-3/h9-11,13,15,19H,4-8,12H2,1-3H3. The summed E-state index contributed by atoms with van der Waals surface area (Å²) in [6, 6.07) is 8.38. The molecule has 0 amide bonds. The van der Waals surface area contributed by atoms with Gasteiger partial charge in [0.25, 0.3) is 0 Å². The Labute approximate surface area is 131 Å². The fourth-order valence-electron chi connectivity index (χ4n) is 2.37. The molecule has 0 spiro atoms. The quantitative estimate of drug-likeness (QED) is 0.400. The molecule has 1 atom stereocenters. The first kappa shape index (κ1) is 17.8. The Bertz CT molecular complexity index is 369. The van der Waals surface area contributed by atoms with E-state index >= 15 is 0 Å². The molecule has 4 heteroatoms. The zero-order valence-corrected chi connectivity index (χ0v) is 14.8. The van der Waals surface area contributed by atoms with E-state index in [4.69, 9.17) is 21.5 Å². The Balaban J connectivity index is 2.60. The third-order valence-corrected chi connectivity index (χ3v) is 5.66. The van der Waals surface area contributed by atoms with Gasteiger partial charge in [0.2, 0.25) is 0 Å². The van der Waals surface area contributed by atoms with Gasteiger partial charge in [0.15, 0.2) is 0 Å². The molecule has 0 bridgehead atoms. The van der Waals surface area contributed by atoms with Gasteiger partial charge < -0.3 is 8.85 Å². The van der Waals surface area contributed by atoms with Crippen LogP contribution in [0.2, 0.25) is 0 Å². The number of thiol groups is 1. The third-order valence-electron chi connectivity index (χ3n) is 3.49. The van der Waals surface area contributed by atoms with Crippen LogP contribution < -0.4 is 5.19 Å². The monoisotopic (exact) mass is 311 g/mol. The van der Waals surface area contributed by atoms with Gasteiger partial charge in [0.05, 0.1) is 0 Å². The maximum Gasteiger partial charge on any atom is 0.423 e. The summed E-state index contributed by atoms with van der Waals surface area (Å²) in [5.74, 6) is 0. The van der Waals surface area contributed by atoms with E-state index in [2.05, 4.69) is 25.1 Å². The highest BCUT2D eigenvalue weighted by Gasteiger charge is 2.22. The van der Waals surface area contributed by atoms with Crippen molar-refractivity contribution in [2.45, 2.75) is 50.7 Å². The topological polar surface area (TPSA) is 18.5 Å². The van der Waals surface area contributed by atoms with Gasteiger partial charge >= 0.3 is 9.28 Å². The van der Waals surface area contributed by atoms with E-state index in [0.29, 0.717) is 0 Å². The van der Waals surface area contributed by atoms with E-state index in [0.717, 1.165) is 6.42 Å². The van der Waals surface area contributed by atoms with Crippen molar-refractivity contribution < 1.29 is 8.85 Å². The van der Waals surface area contributed by atoms with Crippen molar-refractivity contribution >= 4 is 27.1 Å². The first-order chi connectivity index (χ1) is 9.74. The van der Waals surface area contributed by atoms with Crippen LogP contribution in [-0.2, 0) is 8.85 Å². The number of benzene rings is 1. The van der Waals surface area contributed by atoms with Crippen LogP contribution >= 0.6 is 12.6 Å². The van der Waals surface area contributed by atoms with E-state index in [1.807, 2.05) is 6.07 Å². The normalized spacial score (nSPS) is 12.8. The highest BCUT2D eigenvalue weighted by atomic mass is 32.1. The summed E-state index contributed by atoms with van der Waals surface area (Å²) in [6.45, 7) is 2.25. The number of hydrogen-bond donors (Lipinski definition) is 1. The SMILES string of the molecule is CCCCCCCC(S)c1ccccc1[Si](OC)OC. The molecular weight excluding hydrogens is 284 g/mol. The Morgan fingerprint density at radius 3 is 2.35 bits per heavy atom. The molecule has 1 aromatic carbocycles. The molecule has 0 aromatic heterocycles. The number of hydrogen-bond acceptors (Lipinski definition) is 3. The fraction of sp³-hybridized carbons (Fsp3) is 0.625. The molecule has 0 heterocycles. The highest BCUT2D eigenvalue weighted by Crippen LogP contribution is 2.25. The minimum atomic E-state index is -1.36. The predicted molar refractivity (Wildman–Crippen MR) is 91.0 cm³/mol. The molecule has 0 saturated carbocycles. The van der Waals surface area contributed by atoms with Crippen LogP contribution in [0.25, 0.3) is 0 Å². The van der Waals surface area contributed by atoms with Crippen molar-refractivity contribution in [2.24, 2.45) is 0 Å². The van der Waals surface area contributed by atoms with Crippen molar-refractivity contribution in [1.29, 1.82) is 0 Å². The van der Waals surface area contributed by atoms with Gasteiger partial charge in [-0.15, -0.1) is 0 Å². The highest BCUT2D eigenvalue weighted by molar-refractivity contribution is 7.80. The van der Waals surface area contributed by atoms with Gasteiger partial charge in [-0.25, -0.2) is 0 Å². The van der Waals surface area contributed by atoms with E-state index in [1.165, 1.54) is 42.9 Å². The zero-order chi connectivity index (χ0) is 14.8. The third kappa shape index (κ3) is 5.60. The molecule has 1 rings (SSSR count). The van der Waals surface area contributed by atoms with Crippen molar-refractivity contribution in [2.75, 3.05) is 14.2 Å². The Kier molecular flexibility index (Phi) is 9.27. The first-order valence-corrected chi connectivity index (χ1v) is 9.30. The van der Waals surface area contributed by atoms with Gasteiger partial charge in [-0.2, -0.15) is 12.6 Å². The summed E-state index contributed by atoms with van der Waals surface area (Å²) in [4.78, 5) is 0. The van der Waals surface area contributed by atoms with E-state index in [-0.39, 0.29) is 5.25 Å². The average Bonchev–Trinajstić information content (AvgIpc) is 2.48. The summed E-state index contributed by atoms with van der Waals surface area (Å²) in [5, 5.41) is 1.47. The summed E-state index contributed by atoms with van der Waals surface area (Å²) < 4.78 is 11.0. The van der Waals surface area contributed by atoms with Gasteiger partial charge in [-0.1, -0.05) is 63.3 Å². The van der Waals surface area contributed by atoms with Crippen molar-refractivity contribution in [1.82, 2.24) is 0 Å². The summed E-state index contributed by atoms with van der Waals surface area (Å²) in [5.41, 5.74) is 1.27. The summed E-state index contributed by atoms with van der Waals surface area (Å²) >= 11 is 4.79. The van der Waals surface area contributed by atoms with Gasteiger partial charge in [-0.3, -0.25) is 0 Å². The maximum absolute atomic E-state index is 5.48. The molecule has 2 nitrogen and oxygen atoms in total. The summed E-state index contributed by atoms with van der Waals surface area (Å²) in [7, 11) is 2.07. The van der Waals surface area contributed by atoms with Crippen LogP contribution in [-0.4, -0.2) is 23.5 Å². The van der Waals surface area contributed by atoms with Gasteiger partial charge in [0.1, 0.15) is 0 Å². The molecule has 1 aromatic rings. The van der Waals surface area contributed by atoms with Crippen LogP contribution in [0.15, 0.2) is 24.3 Å². The molecule has 0 aliphatic carbocycles. The minimum absolute atomic E-state index is 0.276. The zero-order valence-electron chi connectivity index (χ0n) is 12.9. The second-order valence-electron chi connectivity index (χ2n) is 5.00. The lowest BCUT2D eigenvalue weighted by atomic mass is 10.0.